The van der Waals surface area contributed by atoms with Crippen LogP contribution in [0.3, 0.4) is 0 Å². The number of benzene rings is 1. The van der Waals surface area contributed by atoms with E-state index < -0.39 is 5.54 Å². The number of nitrogens with one attached hydrogen (secondary N) is 1. The van der Waals surface area contributed by atoms with Crippen LogP contribution in [0.5, 0.6) is 0 Å². The third kappa shape index (κ3) is 3.95. The standard InChI is InChI=1S/C19H25N3O2/c20-15-19(9-5-2-6-10-19)21-18(23)13-22-11-12-24-14-17(22)16-7-3-1-4-8-16/h1,3-4,7-8,17H,2,5-6,9-14H2,(H,21,23)/t17-/m0/s1. The highest BCUT2D eigenvalue weighted by Crippen LogP contribution is 2.28. The lowest BCUT2D eigenvalue weighted by Crippen LogP contribution is -2.53. The second kappa shape index (κ2) is 7.78. The number of nitrogens with zero attached hydrogens (tertiary/aromatic N) is 2. The van der Waals surface area contributed by atoms with Crippen molar-refractivity contribution in [1.29, 1.82) is 5.26 Å². The molecule has 2 fully saturated rings. The monoisotopic (exact) mass is 327 g/mol. The van der Waals surface area contributed by atoms with Gasteiger partial charge in [0.05, 0.1) is 31.9 Å². The van der Waals surface area contributed by atoms with Crippen molar-refractivity contribution in [1.82, 2.24) is 10.2 Å². The summed E-state index contributed by atoms with van der Waals surface area (Å²) in [6.07, 6.45) is 4.70. The zero-order valence-corrected chi connectivity index (χ0v) is 14.0. The maximum absolute atomic E-state index is 12.6. The minimum absolute atomic E-state index is 0.0544. The number of carbonyl (C=O) groups is 1. The van der Waals surface area contributed by atoms with Crippen LogP contribution in [-0.4, -0.2) is 42.6 Å². The van der Waals surface area contributed by atoms with Gasteiger partial charge in [-0.1, -0.05) is 49.6 Å². The Morgan fingerprint density at radius 1 is 1.29 bits per heavy atom. The van der Waals surface area contributed by atoms with Crippen LogP contribution in [0.4, 0.5) is 0 Å². The lowest BCUT2D eigenvalue weighted by atomic mass is 9.83. The fourth-order valence-corrected chi connectivity index (χ4v) is 3.72. The first-order chi connectivity index (χ1) is 11.7. The minimum Gasteiger partial charge on any atom is -0.378 e. The first-order valence-electron chi connectivity index (χ1n) is 8.81. The van der Waals surface area contributed by atoms with Crippen molar-refractivity contribution in [2.24, 2.45) is 0 Å². The Kier molecular flexibility index (Phi) is 5.49. The topological polar surface area (TPSA) is 65.4 Å². The Morgan fingerprint density at radius 2 is 2.04 bits per heavy atom. The summed E-state index contributed by atoms with van der Waals surface area (Å²) >= 11 is 0. The number of ether oxygens (including phenoxy) is 1. The summed E-state index contributed by atoms with van der Waals surface area (Å²) in [6.45, 7) is 2.28. The predicted octanol–water partition coefficient (Wildman–Crippen LogP) is 2.40. The second-order valence-corrected chi connectivity index (χ2v) is 6.77. The van der Waals surface area contributed by atoms with Crippen LogP contribution in [0.2, 0.25) is 0 Å². The molecule has 1 aliphatic carbocycles. The summed E-state index contributed by atoms with van der Waals surface area (Å²) in [5, 5.41) is 12.5. The zero-order valence-electron chi connectivity index (χ0n) is 14.0. The smallest absolute Gasteiger partial charge is 0.235 e. The predicted molar refractivity (Wildman–Crippen MR) is 91.1 cm³/mol. The SMILES string of the molecule is N#CC1(NC(=O)CN2CCOC[C@H]2c2ccccc2)CCCCC1. The van der Waals surface area contributed by atoms with E-state index in [0.29, 0.717) is 19.8 Å². The Balaban J connectivity index is 1.64. The molecule has 5 heteroatoms. The largest absolute Gasteiger partial charge is 0.378 e. The zero-order chi connectivity index (χ0) is 16.8. The van der Waals surface area contributed by atoms with Gasteiger partial charge in [-0.15, -0.1) is 0 Å². The lowest BCUT2D eigenvalue weighted by Gasteiger charge is -2.37. The van der Waals surface area contributed by atoms with E-state index in [1.54, 1.807) is 0 Å². The number of rotatable bonds is 4. The highest BCUT2D eigenvalue weighted by molar-refractivity contribution is 5.79. The first kappa shape index (κ1) is 16.9. The first-order valence-corrected chi connectivity index (χ1v) is 8.81. The molecule has 5 nitrogen and oxygen atoms in total. The number of nitriles is 1. The second-order valence-electron chi connectivity index (χ2n) is 6.77. The molecule has 0 spiro atoms. The molecule has 0 radical (unpaired) electrons. The lowest BCUT2D eigenvalue weighted by molar-refractivity contribution is -0.126. The quantitative estimate of drug-likeness (QED) is 0.922. The van der Waals surface area contributed by atoms with E-state index in [1.807, 2.05) is 18.2 Å². The molecule has 0 unspecified atom stereocenters. The normalized spacial score (nSPS) is 24.0. The Labute approximate surface area is 143 Å². The summed E-state index contributed by atoms with van der Waals surface area (Å²) in [5.41, 5.74) is 0.502. The van der Waals surface area contributed by atoms with Crippen LogP contribution < -0.4 is 5.32 Å². The molecule has 128 valence electrons. The van der Waals surface area contributed by atoms with E-state index in [9.17, 15) is 10.1 Å². The van der Waals surface area contributed by atoms with Crippen LogP contribution in [0.25, 0.3) is 0 Å². The van der Waals surface area contributed by atoms with E-state index in [0.717, 1.165) is 44.2 Å². The van der Waals surface area contributed by atoms with Crippen molar-refractivity contribution < 1.29 is 9.53 Å². The van der Waals surface area contributed by atoms with Gasteiger partial charge in [0.15, 0.2) is 0 Å². The number of amides is 1. The Bertz CT molecular complexity index is 590. The number of morpholine rings is 1. The fraction of sp³-hybridized carbons (Fsp3) is 0.579. The molecule has 0 aromatic heterocycles. The Morgan fingerprint density at radius 3 is 2.75 bits per heavy atom. The summed E-state index contributed by atoms with van der Waals surface area (Å²) in [6, 6.07) is 12.6. The van der Waals surface area contributed by atoms with E-state index in [1.165, 1.54) is 0 Å². The van der Waals surface area contributed by atoms with Crippen molar-refractivity contribution in [2.45, 2.75) is 43.7 Å². The molecule has 1 aliphatic heterocycles. The molecule has 1 aromatic rings. The number of hydrogen-bond acceptors (Lipinski definition) is 4. The fourth-order valence-electron chi connectivity index (χ4n) is 3.72. The van der Waals surface area contributed by atoms with Gasteiger partial charge in [0, 0.05) is 6.54 Å². The Hall–Kier alpha value is -1.90. The van der Waals surface area contributed by atoms with Crippen molar-refractivity contribution in [3.8, 4) is 6.07 Å². The molecule has 1 amide bonds. The van der Waals surface area contributed by atoms with Gasteiger partial charge in [-0.2, -0.15) is 5.26 Å². The average Bonchev–Trinajstić information content (AvgIpc) is 2.63. The average molecular weight is 327 g/mol. The molecule has 2 aliphatic rings. The van der Waals surface area contributed by atoms with Crippen molar-refractivity contribution in [3.05, 3.63) is 35.9 Å². The highest BCUT2D eigenvalue weighted by Gasteiger charge is 2.35. The van der Waals surface area contributed by atoms with E-state index >= 15 is 0 Å². The number of hydrogen-bond donors (Lipinski definition) is 1. The summed E-state index contributed by atoms with van der Waals surface area (Å²) in [7, 11) is 0. The molecule has 1 heterocycles. The molecule has 1 aromatic carbocycles. The van der Waals surface area contributed by atoms with Crippen LogP contribution in [0.15, 0.2) is 30.3 Å². The molecule has 1 N–H and O–H groups in total. The minimum atomic E-state index is -0.663. The molecular weight excluding hydrogens is 302 g/mol. The van der Waals surface area contributed by atoms with Gasteiger partial charge in [-0.25, -0.2) is 0 Å². The van der Waals surface area contributed by atoms with Gasteiger partial charge < -0.3 is 10.1 Å². The van der Waals surface area contributed by atoms with Gasteiger partial charge in [0.2, 0.25) is 5.91 Å². The highest BCUT2D eigenvalue weighted by atomic mass is 16.5. The van der Waals surface area contributed by atoms with Gasteiger partial charge in [0.1, 0.15) is 5.54 Å². The van der Waals surface area contributed by atoms with Crippen molar-refractivity contribution in [2.75, 3.05) is 26.3 Å². The molecular formula is C19H25N3O2. The van der Waals surface area contributed by atoms with Gasteiger partial charge >= 0.3 is 0 Å². The van der Waals surface area contributed by atoms with E-state index in [-0.39, 0.29) is 11.9 Å². The maximum atomic E-state index is 12.6. The summed E-state index contributed by atoms with van der Waals surface area (Å²) < 4.78 is 5.61. The maximum Gasteiger partial charge on any atom is 0.235 e. The van der Waals surface area contributed by atoms with Gasteiger partial charge in [0.25, 0.3) is 0 Å². The third-order valence-electron chi connectivity index (χ3n) is 5.07. The van der Waals surface area contributed by atoms with Gasteiger partial charge in [-0.05, 0) is 18.4 Å². The molecule has 1 saturated heterocycles. The molecule has 1 saturated carbocycles. The molecule has 0 bridgehead atoms. The van der Waals surface area contributed by atoms with Crippen molar-refractivity contribution >= 4 is 5.91 Å². The summed E-state index contributed by atoms with van der Waals surface area (Å²) in [4.78, 5) is 14.7. The molecule has 1 atom stereocenters. The van der Waals surface area contributed by atoms with Crippen LogP contribution in [0, 0.1) is 11.3 Å². The third-order valence-corrected chi connectivity index (χ3v) is 5.07. The molecule has 3 rings (SSSR count). The van der Waals surface area contributed by atoms with Crippen LogP contribution >= 0.6 is 0 Å². The van der Waals surface area contributed by atoms with Crippen molar-refractivity contribution in [3.63, 3.8) is 0 Å². The van der Waals surface area contributed by atoms with E-state index in [2.05, 4.69) is 28.4 Å². The summed E-state index contributed by atoms with van der Waals surface area (Å²) in [5.74, 6) is -0.0544. The van der Waals surface area contributed by atoms with Crippen LogP contribution in [0.1, 0.15) is 43.7 Å². The molecule has 24 heavy (non-hydrogen) atoms. The van der Waals surface area contributed by atoms with Gasteiger partial charge in [-0.3, -0.25) is 9.69 Å². The van der Waals surface area contributed by atoms with Crippen LogP contribution in [-0.2, 0) is 9.53 Å². The van der Waals surface area contributed by atoms with E-state index in [4.69, 9.17) is 4.74 Å². The number of carbonyl (C=O) groups excluding carboxylic acids is 1.